The minimum Gasteiger partial charge on any atom is -0.269 e. The molecule has 0 N–H and O–H groups in total. The summed E-state index contributed by atoms with van der Waals surface area (Å²) in [5, 5.41) is 0.819. The Kier molecular flexibility index (Phi) is 5.69. The first kappa shape index (κ1) is 19.6. The quantitative estimate of drug-likeness (QED) is 0.730. The SMILES string of the molecule is Cc1ccc(CSC2=[N+](CCC(C)C)C3C(=O)N(C)C(=O)N(C)C3=N2)cc1. The molecule has 2 aliphatic rings. The predicted octanol–water partition coefficient (Wildman–Crippen LogP) is 2.95. The first-order chi connectivity index (χ1) is 12.8. The molecule has 2 heterocycles. The summed E-state index contributed by atoms with van der Waals surface area (Å²) >= 11 is 1.62. The van der Waals surface area contributed by atoms with Crippen LogP contribution in [0.4, 0.5) is 4.79 Å². The Bertz CT molecular complexity index is 814. The van der Waals surface area contributed by atoms with Crippen LogP contribution in [0.3, 0.4) is 0 Å². The normalized spacial score (nSPS) is 19.9. The van der Waals surface area contributed by atoms with Crippen molar-refractivity contribution >= 4 is 34.7 Å². The topological polar surface area (TPSA) is 56.0 Å². The van der Waals surface area contributed by atoms with Crippen LogP contribution in [0.15, 0.2) is 29.3 Å². The second-order valence-corrected chi connectivity index (χ2v) is 8.49. The van der Waals surface area contributed by atoms with E-state index >= 15 is 0 Å². The van der Waals surface area contributed by atoms with Gasteiger partial charge in [-0.3, -0.25) is 14.6 Å². The fourth-order valence-electron chi connectivity index (χ4n) is 3.15. The van der Waals surface area contributed by atoms with Crippen LogP contribution in [0.2, 0.25) is 0 Å². The third-order valence-electron chi connectivity index (χ3n) is 4.93. The van der Waals surface area contributed by atoms with E-state index in [-0.39, 0.29) is 11.9 Å². The maximum Gasteiger partial charge on any atom is 0.358 e. The number of hydrogen-bond acceptors (Lipinski definition) is 4. The lowest BCUT2D eigenvalue weighted by Gasteiger charge is -2.30. The van der Waals surface area contributed by atoms with Crippen molar-refractivity contribution in [2.75, 3.05) is 20.6 Å². The van der Waals surface area contributed by atoms with Crippen molar-refractivity contribution in [2.24, 2.45) is 10.9 Å². The number of aryl methyl sites for hydroxylation is 1. The number of nitrogens with zero attached hydrogens (tertiary/aromatic N) is 4. The van der Waals surface area contributed by atoms with Crippen LogP contribution in [-0.4, -0.2) is 64.0 Å². The van der Waals surface area contributed by atoms with E-state index in [1.165, 1.54) is 28.0 Å². The molecule has 1 saturated heterocycles. The monoisotopic (exact) mass is 387 g/mol. The number of likely N-dealkylation sites (N-methyl/N-ethyl adjacent to an activating group) is 2. The molecule has 0 radical (unpaired) electrons. The average Bonchev–Trinajstić information content (AvgIpc) is 3.01. The van der Waals surface area contributed by atoms with E-state index in [0.717, 1.165) is 23.9 Å². The first-order valence-electron chi connectivity index (χ1n) is 9.25. The van der Waals surface area contributed by atoms with E-state index in [2.05, 4.69) is 49.6 Å². The van der Waals surface area contributed by atoms with Gasteiger partial charge < -0.3 is 0 Å². The number of amides is 3. The number of amidine groups is 2. The second-order valence-electron chi connectivity index (χ2n) is 7.54. The zero-order valence-electron chi connectivity index (χ0n) is 16.6. The van der Waals surface area contributed by atoms with Crippen molar-refractivity contribution in [3.8, 4) is 0 Å². The van der Waals surface area contributed by atoms with Crippen LogP contribution in [0.1, 0.15) is 31.4 Å². The molecule has 1 unspecified atom stereocenters. The number of rotatable bonds is 5. The molecule has 27 heavy (non-hydrogen) atoms. The van der Waals surface area contributed by atoms with Gasteiger partial charge in [0.25, 0.3) is 17.8 Å². The molecule has 6 nitrogen and oxygen atoms in total. The number of aliphatic imine (C=N–C) groups is 1. The van der Waals surface area contributed by atoms with E-state index in [0.29, 0.717) is 11.8 Å². The molecule has 0 saturated carbocycles. The molecule has 0 bridgehead atoms. The van der Waals surface area contributed by atoms with Crippen LogP contribution < -0.4 is 0 Å². The van der Waals surface area contributed by atoms with Gasteiger partial charge in [-0.2, -0.15) is 0 Å². The number of urea groups is 1. The summed E-state index contributed by atoms with van der Waals surface area (Å²) in [5.41, 5.74) is 2.45. The minimum atomic E-state index is -0.503. The Hall–Kier alpha value is -2.15. The van der Waals surface area contributed by atoms with Crippen molar-refractivity contribution in [3.63, 3.8) is 0 Å². The van der Waals surface area contributed by atoms with Crippen LogP contribution in [0, 0.1) is 12.8 Å². The standard InChI is InChI=1S/C20H27N4O2S/c1-13(2)10-11-24-16-17(22(4)20(26)23(5)18(16)25)21-19(24)27-12-15-8-6-14(3)7-9-15/h6-9,13,16H,10-12H2,1-5H3/q+1. The third-order valence-corrected chi connectivity index (χ3v) is 5.99. The molecule has 1 atom stereocenters. The molecule has 1 aromatic rings. The Morgan fingerprint density at radius 1 is 1.15 bits per heavy atom. The molecule has 1 aromatic carbocycles. The molecular weight excluding hydrogens is 360 g/mol. The number of fused-ring (bicyclic) bond motifs is 1. The highest BCUT2D eigenvalue weighted by Gasteiger charge is 2.52. The number of benzene rings is 1. The van der Waals surface area contributed by atoms with Crippen molar-refractivity contribution < 1.29 is 14.2 Å². The van der Waals surface area contributed by atoms with Crippen molar-refractivity contribution in [1.82, 2.24) is 9.80 Å². The molecular formula is C20H27N4O2S+. The van der Waals surface area contributed by atoms with E-state index in [1.54, 1.807) is 18.8 Å². The number of thioether (sulfide) groups is 1. The van der Waals surface area contributed by atoms with Gasteiger partial charge in [0, 0.05) is 19.8 Å². The Morgan fingerprint density at radius 2 is 1.81 bits per heavy atom. The van der Waals surface area contributed by atoms with E-state index in [4.69, 9.17) is 4.99 Å². The minimum absolute atomic E-state index is 0.202. The summed E-state index contributed by atoms with van der Waals surface area (Å²) in [5.74, 6) is 1.64. The third kappa shape index (κ3) is 3.93. The highest BCUT2D eigenvalue weighted by atomic mass is 32.2. The fourth-order valence-corrected chi connectivity index (χ4v) is 4.15. The zero-order valence-corrected chi connectivity index (χ0v) is 17.4. The maximum atomic E-state index is 12.8. The van der Waals surface area contributed by atoms with Crippen molar-refractivity contribution in [2.45, 2.75) is 39.0 Å². The molecule has 2 aliphatic heterocycles. The van der Waals surface area contributed by atoms with Crippen LogP contribution in [-0.2, 0) is 10.5 Å². The molecule has 144 valence electrons. The smallest absolute Gasteiger partial charge is 0.269 e. The van der Waals surface area contributed by atoms with Crippen molar-refractivity contribution in [1.29, 1.82) is 0 Å². The molecule has 0 aliphatic carbocycles. The van der Waals surface area contributed by atoms with Crippen molar-refractivity contribution in [3.05, 3.63) is 35.4 Å². The summed E-state index contributed by atoms with van der Waals surface area (Å²) < 4.78 is 2.07. The largest absolute Gasteiger partial charge is 0.358 e. The van der Waals surface area contributed by atoms with Gasteiger partial charge in [-0.1, -0.05) is 43.7 Å². The lowest BCUT2D eigenvalue weighted by Crippen LogP contribution is -2.61. The summed E-state index contributed by atoms with van der Waals surface area (Å²) in [6.07, 6.45) is 0.961. The summed E-state index contributed by atoms with van der Waals surface area (Å²) in [4.78, 5) is 32.5. The lowest BCUT2D eigenvalue weighted by atomic mass is 10.1. The van der Waals surface area contributed by atoms with Gasteiger partial charge in [-0.15, -0.1) is 0 Å². The molecule has 0 aromatic heterocycles. The van der Waals surface area contributed by atoms with E-state index in [9.17, 15) is 9.59 Å². The molecule has 7 heteroatoms. The zero-order chi connectivity index (χ0) is 19.7. The Labute approximate surface area is 164 Å². The predicted molar refractivity (Wildman–Crippen MR) is 109 cm³/mol. The van der Waals surface area contributed by atoms with E-state index in [1.807, 2.05) is 0 Å². The fraction of sp³-hybridized carbons (Fsp3) is 0.500. The second kappa shape index (κ2) is 7.84. The molecule has 3 rings (SSSR count). The van der Waals surface area contributed by atoms with Gasteiger partial charge in [-0.05, 0) is 41.6 Å². The van der Waals surface area contributed by atoms with Crippen LogP contribution in [0.5, 0.6) is 0 Å². The van der Waals surface area contributed by atoms with Gasteiger partial charge in [0.05, 0.1) is 6.54 Å². The van der Waals surface area contributed by atoms with Gasteiger partial charge in [0.15, 0.2) is 0 Å². The van der Waals surface area contributed by atoms with Gasteiger partial charge in [0.2, 0.25) is 0 Å². The molecule has 3 amide bonds. The lowest BCUT2D eigenvalue weighted by molar-refractivity contribution is -0.534. The number of hydrogen-bond donors (Lipinski definition) is 0. The summed E-state index contributed by atoms with van der Waals surface area (Å²) in [7, 11) is 3.22. The first-order valence-corrected chi connectivity index (χ1v) is 10.2. The highest BCUT2D eigenvalue weighted by molar-refractivity contribution is 8.13. The number of carbonyl (C=O) groups excluding carboxylic acids is 2. The maximum absolute atomic E-state index is 12.8. The summed E-state index contributed by atoms with van der Waals surface area (Å²) in [6.45, 7) is 7.15. The molecule has 0 spiro atoms. The average molecular weight is 388 g/mol. The van der Waals surface area contributed by atoms with E-state index < -0.39 is 6.04 Å². The Morgan fingerprint density at radius 3 is 2.44 bits per heavy atom. The number of carbonyl (C=O) groups is 2. The highest BCUT2D eigenvalue weighted by Crippen LogP contribution is 2.25. The van der Waals surface area contributed by atoms with Crippen LogP contribution >= 0.6 is 11.8 Å². The van der Waals surface area contributed by atoms with Gasteiger partial charge in [0.1, 0.15) is 0 Å². The van der Waals surface area contributed by atoms with Crippen LogP contribution in [0.25, 0.3) is 0 Å². The number of imide groups is 1. The van der Waals surface area contributed by atoms with Gasteiger partial charge in [-0.25, -0.2) is 9.37 Å². The summed E-state index contributed by atoms with van der Waals surface area (Å²) in [6, 6.07) is 7.60. The Balaban J connectivity index is 1.88. The molecule has 1 fully saturated rings. The van der Waals surface area contributed by atoms with Gasteiger partial charge >= 0.3 is 11.2 Å².